The van der Waals surface area contributed by atoms with Gasteiger partial charge in [-0.2, -0.15) is 0 Å². The second-order valence-electron chi connectivity index (χ2n) is 5.67. The zero-order valence-electron chi connectivity index (χ0n) is 11.5. The van der Waals surface area contributed by atoms with E-state index in [4.69, 9.17) is 4.74 Å². The Labute approximate surface area is 106 Å². The molecule has 0 amide bonds. The first-order valence-electron chi connectivity index (χ1n) is 7.37. The third-order valence-electron chi connectivity index (χ3n) is 4.41. The lowest BCUT2D eigenvalue weighted by atomic mass is 9.97. The quantitative estimate of drug-likeness (QED) is 0.794. The van der Waals surface area contributed by atoms with E-state index < -0.39 is 0 Å². The summed E-state index contributed by atoms with van der Waals surface area (Å²) in [6.45, 7) is 10.4. The Kier molecular flexibility index (Phi) is 5.26. The number of hydrogen-bond acceptors (Lipinski definition) is 3. The molecule has 2 fully saturated rings. The van der Waals surface area contributed by atoms with Crippen molar-refractivity contribution >= 4 is 0 Å². The Morgan fingerprint density at radius 2 is 2.35 bits per heavy atom. The molecule has 2 aliphatic heterocycles. The minimum absolute atomic E-state index is 0.548. The van der Waals surface area contributed by atoms with Crippen LogP contribution in [0.25, 0.3) is 0 Å². The van der Waals surface area contributed by atoms with Crippen molar-refractivity contribution in [2.24, 2.45) is 5.92 Å². The van der Waals surface area contributed by atoms with E-state index in [-0.39, 0.29) is 0 Å². The smallest absolute Gasteiger partial charge is 0.0588 e. The summed E-state index contributed by atoms with van der Waals surface area (Å²) in [4.78, 5) is 2.62. The molecule has 0 radical (unpaired) electrons. The normalized spacial score (nSPS) is 32.8. The van der Waals surface area contributed by atoms with E-state index in [0.717, 1.165) is 19.1 Å². The van der Waals surface area contributed by atoms with E-state index >= 15 is 0 Å². The predicted octanol–water partition coefficient (Wildman–Crippen LogP) is 1.88. The molecule has 0 aromatic rings. The topological polar surface area (TPSA) is 24.5 Å². The Balaban J connectivity index is 1.69. The summed E-state index contributed by atoms with van der Waals surface area (Å²) < 4.78 is 5.70. The second-order valence-corrected chi connectivity index (χ2v) is 5.67. The summed E-state index contributed by atoms with van der Waals surface area (Å²) in [5, 5.41) is 3.65. The molecular formula is C14H28N2O. The fourth-order valence-corrected chi connectivity index (χ4v) is 2.91. The van der Waals surface area contributed by atoms with Crippen LogP contribution in [0.3, 0.4) is 0 Å². The molecule has 2 heterocycles. The fraction of sp³-hybridized carbons (Fsp3) is 1.00. The van der Waals surface area contributed by atoms with Crippen LogP contribution in [0.2, 0.25) is 0 Å². The fourth-order valence-electron chi connectivity index (χ4n) is 2.91. The molecule has 3 atom stereocenters. The van der Waals surface area contributed by atoms with Crippen LogP contribution in [0.15, 0.2) is 0 Å². The minimum Gasteiger partial charge on any atom is -0.378 e. The van der Waals surface area contributed by atoms with Crippen LogP contribution < -0.4 is 5.32 Å². The molecule has 100 valence electrons. The lowest BCUT2D eigenvalue weighted by Gasteiger charge is -2.36. The highest BCUT2D eigenvalue weighted by Gasteiger charge is 2.24. The molecule has 0 aliphatic carbocycles. The van der Waals surface area contributed by atoms with Gasteiger partial charge in [0.1, 0.15) is 0 Å². The van der Waals surface area contributed by atoms with Crippen LogP contribution in [0.5, 0.6) is 0 Å². The van der Waals surface area contributed by atoms with E-state index in [1.165, 1.54) is 45.3 Å². The number of rotatable bonds is 5. The third-order valence-corrected chi connectivity index (χ3v) is 4.41. The largest absolute Gasteiger partial charge is 0.378 e. The van der Waals surface area contributed by atoms with Crippen LogP contribution in [-0.4, -0.2) is 49.8 Å². The van der Waals surface area contributed by atoms with Gasteiger partial charge in [0.15, 0.2) is 0 Å². The standard InChI is InChI=1S/C14H28N2O/c1-3-12(2)14-11-16(9-7-15-14)8-6-13-5-4-10-17-13/h12-15H,3-11H2,1-2H3. The van der Waals surface area contributed by atoms with Gasteiger partial charge in [-0.3, -0.25) is 0 Å². The highest BCUT2D eigenvalue weighted by Crippen LogP contribution is 2.17. The van der Waals surface area contributed by atoms with Gasteiger partial charge in [-0.15, -0.1) is 0 Å². The first-order chi connectivity index (χ1) is 8.29. The number of piperazine rings is 1. The molecule has 2 aliphatic rings. The summed E-state index contributed by atoms with van der Waals surface area (Å²) in [7, 11) is 0. The van der Waals surface area contributed by atoms with E-state index in [1.807, 2.05) is 0 Å². The molecule has 1 N–H and O–H groups in total. The van der Waals surface area contributed by atoms with Crippen molar-refractivity contribution in [3.63, 3.8) is 0 Å². The van der Waals surface area contributed by atoms with Crippen molar-refractivity contribution in [3.8, 4) is 0 Å². The van der Waals surface area contributed by atoms with Crippen molar-refractivity contribution in [1.29, 1.82) is 0 Å². The molecule has 0 aromatic heterocycles. The van der Waals surface area contributed by atoms with Gasteiger partial charge in [-0.05, 0) is 25.2 Å². The van der Waals surface area contributed by atoms with Crippen LogP contribution in [-0.2, 0) is 4.74 Å². The van der Waals surface area contributed by atoms with E-state index in [0.29, 0.717) is 12.1 Å². The van der Waals surface area contributed by atoms with E-state index in [1.54, 1.807) is 0 Å². The highest BCUT2D eigenvalue weighted by atomic mass is 16.5. The van der Waals surface area contributed by atoms with Gasteiger partial charge in [0.05, 0.1) is 6.10 Å². The molecule has 0 saturated carbocycles. The molecule has 3 unspecified atom stereocenters. The number of hydrogen-bond donors (Lipinski definition) is 1. The van der Waals surface area contributed by atoms with Gasteiger partial charge >= 0.3 is 0 Å². The molecule has 3 nitrogen and oxygen atoms in total. The van der Waals surface area contributed by atoms with E-state index in [9.17, 15) is 0 Å². The van der Waals surface area contributed by atoms with Gasteiger partial charge in [0, 0.05) is 38.8 Å². The lowest BCUT2D eigenvalue weighted by Crippen LogP contribution is -2.53. The van der Waals surface area contributed by atoms with Gasteiger partial charge in [0.25, 0.3) is 0 Å². The van der Waals surface area contributed by atoms with Gasteiger partial charge in [-0.25, -0.2) is 0 Å². The molecule has 0 aromatic carbocycles. The Bertz CT molecular complexity index is 216. The van der Waals surface area contributed by atoms with Crippen molar-refractivity contribution in [2.45, 2.75) is 51.7 Å². The second kappa shape index (κ2) is 6.72. The summed E-state index contributed by atoms with van der Waals surface area (Å²) in [6.07, 6.45) is 5.60. The van der Waals surface area contributed by atoms with Crippen LogP contribution in [0, 0.1) is 5.92 Å². The highest BCUT2D eigenvalue weighted by molar-refractivity contribution is 4.82. The first kappa shape index (κ1) is 13.3. The van der Waals surface area contributed by atoms with Gasteiger partial charge in [0.2, 0.25) is 0 Å². The molecule has 0 spiro atoms. The van der Waals surface area contributed by atoms with Crippen LogP contribution in [0.1, 0.15) is 39.5 Å². The lowest BCUT2D eigenvalue weighted by molar-refractivity contribution is 0.0835. The minimum atomic E-state index is 0.548. The molecular weight excluding hydrogens is 212 g/mol. The summed E-state index contributed by atoms with van der Waals surface area (Å²) in [5.74, 6) is 0.792. The van der Waals surface area contributed by atoms with Gasteiger partial charge in [-0.1, -0.05) is 20.3 Å². The third kappa shape index (κ3) is 3.94. The Morgan fingerprint density at radius 3 is 3.06 bits per heavy atom. The van der Waals surface area contributed by atoms with Crippen molar-refractivity contribution in [2.75, 3.05) is 32.8 Å². The number of ether oxygens (including phenoxy) is 1. The van der Waals surface area contributed by atoms with Crippen molar-refractivity contribution < 1.29 is 4.74 Å². The van der Waals surface area contributed by atoms with Crippen molar-refractivity contribution in [1.82, 2.24) is 10.2 Å². The first-order valence-corrected chi connectivity index (χ1v) is 7.37. The molecule has 2 saturated heterocycles. The number of nitrogens with one attached hydrogen (secondary N) is 1. The molecule has 3 heteroatoms. The maximum absolute atomic E-state index is 5.70. The van der Waals surface area contributed by atoms with E-state index in [2.05, 4.69) is 24.1 Å². The maximum Gasteiger partial charge on any atom is 0.0588 e. The number of nitrogens with zero attached hydrogens (tertiary/aromatic N) is 1. The molecule has 17 heavy (non-hydrogen) atoms. The average molecular weight is 240 g/mol. The zero-order chi connectivity index (χ0) is 12.1. The van der Waals surface area contributed by atoms with Crippen LogP contribution in [0.4, 0.5) is 0 Å². The maximum atomic E-state index is 5.70. The SMILES string of the molecule is CCC(C)C1CN(CCC2CCCO2)CCN1. The van der Waals surface area contributed by atoms with Crippen LogP contribution >= 0.6 is 0 Å². The summed E-state index contributed by atoms with van der Waals surface area (Å²) >= 11 is 0. The van der Waals surface area contributed by atoms with Crippen molar-refractivity contribution in [3.05, 3.63) is 0 Å². The summed E-state index contributed by atoms with van der Waals surface area (Å²) in [6, 6.07) is 0.693. The summed E-state index contributed by atoms with van der Waals surface area (Å²) in [5.41, 5.74) is 0. The Hall–Kier alpha value is -0.120. The molecule has 0 bridgehead atoms. The van der Waals surface area contributed by atoms with Gasteiger partial charge < -0.3 is 15.0 Å². The molecule has 2 rings (SSSR count). The predicted molar refractivity (Wildman–Crippen MR) is 71.3 cm³/mol. The average Bonchev–Trinajstić information content (AvgIpc) is 2.89. The Morgan fingerprint density at radius 1 is 1.47 bits per heavy atom. The monoisotopic (exact) mass is 240 g/mol. The zero-order valence-corrected chi connectivity index (χ0v) is 11.5.